The maximum Gasteiger partial charge on any atom is 0.147 e. The van der Waals surface area contributed by atoms with Crippen LogP contribution in [-0.4, -0.2) is 6.54 Å². The molecule has 0 unspecified atom stereocenters. The predicted octanol–water partition coefficient (Wildman–Crippen LogP) is 3.66. The minimum atomic E-state index is -0.386. The summed E-state index contributed by atoms with van der Waals surface area (Å²) in [6.07, 6.45) is 0.834. The molecule has 0 amide bonds. The van der Waals surface area contributed by atoms with Crippen LogP contribution in [0.1, 0.15) is 16.7 Å². The first kappa shape index (κ1) is 13.1. The highest BCUT2D eigenvalue weighted by molar-refractivity contribution is 5.48. The fraction of sp³-hybridized carbons (Fsp3) is 0.188. The summed E-state index contributed by atoms with van der Waals surface area (Å²) in [7, 11) is 0. The molecule has 1 N–H and O–H groups in total. The van der Waals surface area contributed by atoms with Crippen molar-refractivity contribution in [3.05, 3.63) is 65.0 Å². The smallest absolute Gasteiger partial charge is 0.147 e. The molecule has 0 aliphatic heterocycles. The number of hydrogen-bond donors (Lipinski definition) is 1. The molecule has 0 aliphatic carbocycles. The maximum atomic E-state index is 13.6. The molecule has 0 fully saturated rings. The lowest BCUT2D eigenvalue weighted by Crippen LogP contribution is -2.06. The lowest BCUT2D eigenvalue weighted by atomic mass is 10.1. The van der Waals surface area contributed by atoms with Crippen molar-refractivity contribution in [2.24, 2.45) is 0 Å². The minimum absolute atomic E-state index is 0.335. The van der Waals surface area contributed by atoms with E-state index >= 15 is 0 Å². The second-order valence-electron chi connectivity index (χ2n) is 4.47. The molecule has 2 nitrogen and oxygen atoms in total. The van der Waals surface area contributed by atoms with Crippen molar-refractivity contribution < 1.29 is 4.39 Å². The van der Waals surface area contributed by atoms with Gasteiger partial charge in [0.2, 0.25) is 0 Å². The molecule has 19 heavy (non-hydrogen) atoms. The Bertz CT molecular complexity index is 614. The topological polar surface area (TPSA) is 35.8 Å². The van der Waals surface area contributed by atoms with Gasteiger partial charge >= 0.3 is 0 Å². The second kappa shape index (κ2) is 6.01. The van der Waals surface area contributed by atoms with Crippen LogP contribution in [0.5, 0.6) is 0 Å². The molecule has 0 saturated carbocycles. The first-order valence-electron chi connectivity index (χ1n) is 6.18. The SMILES string of the molecule is Cc1cccc(CCNc2ccc(C#N)cc2F)c1. The molecule has 2 aromatic carbocycles. The Labute approximate surface area is 112 Å². The number of aryl methyl sites for hydroxylation is 1. The van der Waals surface area contributed by atoms with E-state index in [4.69, 9.17) is 5.26 Å². The third-order valence-electron chi connectivity index (χ3n) is 2.91. The fourth-order valence-electron chi connectivity index (χ4n) is 1.94. The number of halogens is 1. The Morgan fingerprint density at radius 2 is 2.05 bits per heavy atom. The molecule has 0 saturated heterocycles. The quantitative estimate of drug-likeness (QED) is 0.903. The maximum absolute atomic E-state index is 13.6. The van der Waals surface area contributed by atoms with E-state index in [9.17, 15) is 4.39 Å². The van der Waals surface area contributed by atoms with Crippen molar-refractivity contribution in [3.8, 4) is 6.07 Å². The largest absolute Gasteiger partial charge is 0.382 e. The fourth-order valence-corrected chi connectivity index (χ4v) is 1.94. The molecule has 0 bridgehead atoms. The van der Waals surface area contributed by atoms with Crippen LogP contribution in [0.2, 0.25) is 0 Å². The Morgan fingerprint density at radius 3 is 2.74 bits per heavy atom. The lowest BCUT2D eigenvalue weighted by molar-refractivity contribution is 0.629. The molecule has 0 aromatic heterocycles. The van der Waals surface area contributed by atoms with Crippen LogP contribution in [0.4, 0.5) is 10.1 Å². The zero-order valence-electron chi connectivity index (χ0n) is 10.8. The van der Waals surface area contributed by atoms with Gasteiger partial charge in [-0.15, -0.1) is 0 Å². The number of nitriles is 1. The average Bonchev–Trinajstić information content (AvgIpc) is 2.40. The molecule has 3 heteroatoms. The van der Waals surface area contributed by atoms with Gasteiger partial charge in [0.15, 0.2) is 0 Å². The lowest BCUT2D eigenvalue weighted by Gasteiger charge is -2.08. The standard InChI is InChI=1S/C16H15FN2/c1-12-3-2-4-13(9-12)7-8-19-16-6-5-14(11-18)10-15(16)17/h2-6,9-10,19H,7-8H2,1H3. The van der Waals surface area contributed by atoms with Crippen molar-refractivity contribution in [2.45, 2.75) is 13.3 Å². The first-order chi connectivity index (χ1) is 9.19. The normalized spacial score (nSPS) is 9.95. The third-order valence-corrected chi connectivity index (χ3v) is 2.91. The number of hydrogen-bond acceptors (Lipinski definition) is 2. The first-order valence-corrected chi connectivity index (χ1v) is 6.18. The van der Waals surface area contributed by atoms with Gasteiger partial charge in [0.1, 0.15) is 5.82 Å². The monoisotopic (exact) mass is 254 g/mol. The van der Waals surface area contributed by atoms with Gasteiger partial charge < -0.3 is 5.32 Å². The Balaban J connectivity index is 1.94. The summed E-state index contributed by atoms with van der Waals surface area (Å²) < 4.78 is 13.6. The van der Waals surface area contributed by atoms with Gasteiger partial charge in [0, 0.05) is 6.54 Å². The van der Waals surface area contributed by atoms with Gasteiger partial charge in [-0.2, -0.15) is 5.26 Å². The summed E-state index contributed by atoms with van der Waals surface area (Å²) in [5.74, 6) is -0.386. The van der Waals surface area contributed by atoms with E-state index < -0.39 is 0 Å². The van der Waals surface area contributed by atoms with E-state index in [1.165, 1.54) is 17.2 Å². The van der Waals surface area contributed by atoms with Gasteiger partial charge in [0.25, 0.3) is 0 Å². The Kier molecular flexibility index (Phi) is 4.15. The van der Waals surface area contributed by atoms with Gasteiger partial charge in [-0.05, 0) is 37.1 Å². The highest BCUT2D eigenvalue weighted by Crippen LogP contribution is 2.15. The number of benzene rings is 2. The van der Waals surface area contributed by atoms with Crippen LogP contribution in [0.25, 0.3) is 0 Å². The summed E-state index contributed by atoms with van der Waals surface area (Å²) in [5, 5.41) is 11.7. The second-order valence-corrected chi connectivity index (χ2v) is 4.47. The van der Waals surface area contributed by atoms with Crippen molar-refractivity contribution in [3.63, 3.8) is 0 Å². The molecule has 0 spiro atoms. The van der Waals surface area contributed by atoms with Gasteiger partial charge in [0.05, 0.1) is 17.3 Å². The third kappa shape index (κ3) is 3.56. The summed E-state index contributed by atoms with van der Waals surface area (Å²) in [4.78, 5) is 0. The van der Waals surface area contributed by atoms with Crippen molar-refractivity contribution >= 4 is 5.69 Å². The summed E-state index contributed by atoms with van der Waals surface area (Å²) in [6, 6.07) is 14.6. The predicted molar refractivity (Wildman–Crippen MR) is 74.5 cm³/mol. The van der Waals surface area contributed by atoms with Gasteiger partial charge in [-0.3, -0.25) is 0 Å². The van der Waals surface area contributed by atoms with Crippen LogP contribution in [0, 0.1) is 24.1 Å². The molecule has 0 radical (unpaired) electrons. The zero-order chi connectivity index (χ0) is 13.7. The van der Waals surface area contributed by atoms with Crippen LogP contribution < -0.4 is 5.32 Å². The highest BCUT2D eigenvalue weighted by atomic mass is 19.1. The molecule has 2 rings (SSSR count). The molecular formula is C16H15FN2. The summed E-state index contributed by atoms with van der Waals surface area (Å²) in [5.41, 5.74) is 3.22. The van der Waals surface area contributed by atoms with Gasteiger partial charge in [-0.25, -0.2) is 4.39 Å². The molecule has 0 atom stereocenters. The summed E-state index contributed by atoms with van der Waals surface area (Å²) >= 11 is 0. The Hall–Kier alpha value is -2.34. The molecule has 96 valence electrons. The highest BCUT2D eigenvalue weighted by Gasteiger charge is 2.02. The van der Waals surface area contributed by atoms with E-state index in [0.29, 0.717) is 17.8 Å². The molecule has 0 aliphatic rings. The van der Waals surface area contributed by atoms with Crippen molar-refractivity contribution in [2.75, 3.05) is 11.9 Å². The van der Waals surface area contributed by atoms with E-state index in [0.717, 1.165) is 6.42 Å². The molecule has 0 heterocycles. The van der Waals surface area contributed by atoms with Crippen LogP contribution >= 0.6 is 0 Å². The summed E-state index contributed by atoms with van der Waals surface area (Å²) in [6.45, 7) is 2.71. The number of nitrogens with one attached hydrogen (secondary N) is 1. The van der Waals surface area contributed by atoms with E-state index in [1.54, 1.807) is 12.1 Å². The Morgan fingerprint density at radius 1 is 1.21 bits per heavy atom. The van der Waals surface area contributed by atoms with Crippen LogP contribution in [0.3, 0.4) is 0 Å². The van der Waals surface area contributed by atoms with Crippen molar-refractivity contribution in [1.82, 2.24) is 0 Å². The van der Waals surface area contributed by atoms with E-state index in [-0.39, 0.29) is 5.82 Å². The van der Waals surface area contributed by atoms with E-state index in [1.807, 2.05) is 12.1 Å². The minimum Gasteiger partial charge on any atom is -0.382 e. The van der Waals surface area contributed by atoms with Crippen LogP contribution in [0.15, 0.2) is 42.5 Å². The number of nitrogens with zero attached hydrogens (tertiary/aromatic N) is 1. The van der Waals surface area contributed by atoms with Crippen molar-refractivity contribution in [1.29, 1.82) is 5.26 Å². The zero-order valence-corrected chi connectivity index (χ0v) is 10.8. The average molecular weight is 254 g/mol. The van der Waals surface area contributed by atoms with Crippen LogP contribution in [-0.2, 0) is 6.42 Å². The van der Waals surface area contributed by atoms with Gasteiger partial charge in [-0.1, -0.05) is 29.8 Å². The van der Waals surface area contributed by atoms with E-state index in [2.05, 4.69) is 30.4 Å². The number of rotatable bonds is 4. The molecule has 2 aromatic rings. The molecular weight excluding hydrogens is 239 g/mol. The number of anilines is 1.